The summed E-state index contributed by atoms with van der Waals surface area (Å²) in [7, 11) is -3.67. The van der Waals surface area contributed by atoms with Gasteiger partial charge in [-0.25, -0.2) is 4.57 Å². The van der Waals surface area contributed by atoms with Crippen LogP contribution in [-0.4, -0.2) is 13.2 Å². The molecule has 4 nitrogen and oxygen atoms in total. The molecular weight excluding hydrogens is 272 g/mol. The van der Waals surface area contributed by atoms with E-state index in [1.807, 2.05) is 0 Å². The van der Waals surface area contributed by atoms with Crippen molar-refractivity contribution in [1.29, 1.82) is 0 Å². The van der Waals surface area contributed by atoms with Crippen LogP contribution < -0.4 is 4.52 Å². The molecule has 0 aliphatic carbocycles. The first kappa shape index (κ1) is 13.4. The van der Waals surface area contributed by atoms with Gasteiger partial charge in [-0.3, -0.25) is 9.05 Å². The number of alkyl halides is 3. The Kier molecular flexibility index (Phi) is 3.66. The average molecular weight is 282 g/mol. The van der Waals surface area contributed by atoms with E-state index in [4.69, 9.17) is 13.6 Å². The summed E-state index contributed by atoms with van der Waals surface area (Å²) in [4.78, 5) is 0. The van der Waals surface area contributed by atoms with Crippen molar-refractivity contribution in [3.05, 3.63) is 29.8 Å². The Balaban J connectivity index is 2.08. The molecule has 0 radical (unpaired) electrons. The van der Waals surface area contributed by atoms with Crippen LogP contribution in [0.1, 0.15) is 12.0 Å². The van der Waals surface area contributed by atoms with Gasteiger partial charge in [-0.2, -0.15) is 13.2 Å². The molecule has 1 aromatic rings. The third-order valence-electron chi connectivity index (χ3n) is 2.19. The molecule has 1 saturated heterocycles. The van der Waals surface area contributed by atoms with E-state index in [0.717, 1.165) is 24.3 Å². The maximum Gasteiger partial charge on any atom is 0.530 e. The van der Waals surface area contributed by atoms with E-state index in [-0.39, 0.29) is 19.0 Å². The second kappa shape index (κ2) is 4.91. The monoisotopic (exact) mass is 282 g/mol. The summed E-state index contributed by atoms with van der Waals surface area (Å²) in [5, 5.41) is 0. The van der Waals surface area contributed by atoms with Gasteiger partial charge in [0.2, 0.25) is 0 Å². The van der Waals surface area contributed by atoms with E-state index < -0.39 is 19.6 Å². The van der Waals surface area contributed by atoms with Crippen LogP contribution in [0.4, 0.5) is 13.2 Å². The van der Waals surface area contributed by atoms with E-state index in [1.54, 1.807) is 0 Å². The minimum absolute atomic E-state index is 0.00762. The summed E-state index contributed by atoms with van der Waals surface area (Å²) in [6.07, 6.45) is -3.82. The summed E-state index contributed by atoms with van der Waals surface area (Å²) in [6, 6.07) is 3.82. The third kappa shape index (κ3) is 3.25. The summed E-state index contributed by atoms with van der Waals surface area (Å²) < 4.78 is 63.4. The third-order valence-corrected chi connectivity index (χ3v) is 3.62. The van der Waals surface area contributed by atoms with Crippen LogP contribution in [0.2, 0.25) is 0 Å². The minimum atomic E-state index is -4.42. The smallest absolute Gasteiger partial charge is 0.404 e. The Labute approximate surface area is 101 Å². The average Bonchev–Trinajstić information content (AvgIpc) is 2.29. The maximum absolute atomic E-state index is 12.3. The lowest BCUT2D eigenvalue weighted by molar-refractivity contribution is -0.137. The molecule has 0 amide bonds. The molecule has 1 fully saturated rings. The quantitative estimate of drug-likeness (QED) is 0.777. The van der Waals surface area contributed by atoms with E-state index in [9.17, 15) is 17.7 Å². The molecule has 0 bridgehead atoms. The van der Waals surface area contributed by atoms with Crippen LogP contribution in [0.25, 0.3) is 0 Å². The van der Waals surface area contributed by atoms with Gasteiger partial charge in [0.25, 0.3) is 0 Å². The normalized spacial score (nSPS) is 19.5. The van der Waals surface area contributed by atoms with Gasteiger partial charge in [-0.15, -0.1) is 0 Å². The minimum Gasteiger partial charge on any atom is -0.404 e. The van der Waals surface area contributed by atoms with Crippen LogP contribution in [0.5, 0.6) is 5.75 Å². The number of hydrogen-bond acceptors (Lipinski definition) is 4. The van der Waals surface area contributed by atoms with Gasteiger partial charge in [0.15, 0.2) is 0 Å². The first-order valence-electron chi connectivity index (χ1n) is 5.15. The highest BCUT2D eigenvalue weighted by Gasteiger charge is 2.33. The fraction of sp³-hybridized carbons (Fsp3) is 0.400. The highest BCUT2D eigenvalue weighted by atomic mass is 31.2. The van der Waals surface area contributed by atoms with Crippen molar-refractivity contribution in [2.45, 2.75) is 12.6 Å². The van der Waals surface area contributed by atoms with E-state index in [1.165, 1.54) is 0 Å². The molecule has 18 heavy (non-hydrogen) atoms. The number of phosphoric ester groups is 1. The molecule has 2 rings (SSSR count). The molecule has 0 saturated carbocycles. The Hall–Kier alpha value is -1.04. The lowest BCUT2D eigenvalue weighted by atomic mass is 10.2. The number of rotatable bonds is 2. The molecule has 1 aromatic carbocycles. The topological polar surface area (TPSA) is 44.8 Å². The van der Waals surface area contributed by atoms with Gasteiger partial charge >= 0.3 is 14.0 Å². The Bertz CT molecular complexity index is 447. The zero-order chi connectivity index (χ0) is 13.2. The first-order valence-corrected chi connectivity index (χ1v) is 6.61. The largest absolute Gasteiger partial charge is 0.530 e. The van der Waals surface area contributed by atoms with Crippen molar-refractivity contribution >= 4 is 7.82 Å². The van der Waals surface area contributed by atoms with Gasteiger partial charge in [-0.1, -0.05) is 0 Å². The number of halogens is 3. The van der Waals surface area contributed by atoms with E-state index >= 15 is 0 Å². The van der Waals surface area contributed by atoms with Crippen molar-refractivity contribution in [2.24, 2.45) is 0 Å². The molecule has 8 heteroatoms. The predicted octanol–water partition coefficient (Wildman–Crippen LogP) is 3.63. The Morgan fingerprint density at radius 2 is 1.67 bits per heavy atom. The predicted molar refractivity (Wildman–Crippen MR) is 56.2 cm³/mol. The second-order valence-corrected chi connectivity index (χ2v) is 5.17. The van der Waals surface area contributed by atoms with Gasteiger partial charge in [0, 0.05) is 0 Å². The molecular formula is C10H10F3O4P. The van der Waals surface area contributed by atoms with Crippen molar-refractivity contribution in [1.82, 2.24) is 0 Å². The fourth-order valence-corrected chi connectivity index (χ4v) is 2.60. The first-order chi connectivity index (χ1) is 8.39. The fourth-order valence-electron chi connectivity index (χ4n) is 1.34. The standard InChI is InChI=1S/C10H10F3O4P/c11-10(12,13)8-2-4-9(5-3-8)17-18(14)15-6-1-7-16-18/h2-5H,1,6-7H2. The van der Waals surface area contributed by atoms with E-state index in [0.29, 0.717) is 6.42 Å². The molecule has 0 unspecified atom stereocenters. The van der Waals surface area contributed by atoms with Crippen LogP contribution in [0, 0.1) is 0 Å². The molecule has 0 atom stereocenters. The SMILES string of the molecule is O=P1(Oc2ccc(C(F)(F)F)cc2)OCCCO1. The Morgan fingerprint density at radius 1 is 1.11 bits per heavy atom. The zero-order valence-electron chi connectivity index (χ0n) is 9.14. The number of phosphoric acid groups is 1. The van der Waals surface area contributed by atoms with Gasteiger partial charge in [0.05, 0.1) is 18.8 Å². The Morgan fingerprint density at radius 3 is 2.17 bits per heavy atom. The number of benzene rings is 1. The van der Waals surface area contributed by atoms with Crippen molar-refractivity contribution in [2.75, 3.05) is 13.2 Å². The van der Waals surface area contributed by atoms with Crippen LogP contribution in [-0.2, 0) is 19.8 Å². The summed E-state index contributed by atoms with van der Waals surface area (Å²) in [5.74, 6) is 0.00762. The van der Waals surface area contributed by atoms with Crippen molar-refractivity contribution < 1.29 is 31.3 Å². The highest BCUT2D eigenvalue weighted by molar-refractivity contribution is 7.49. The van der Waals surface area contributed by atoms with Crippen LogP contribution in [0.3, 0.4) is 0 Å². The van der Waals surface area contributed by atoms with E-state index in [2.05, 4.69) is 0 Å². The highest BCUT2D eigenvalue weighted by Crippen LogP contribution is 2.51. The van der Waals surface area contributed by atoms with Crippen LogP contribution in [0.15, 0.2) is 24.3 Å². The van der Waals surface area contributed by atoms with Crippen LogP contribution >= 0.6 is 7.82 Å². The lowest BCUT2D eigenvalue weighted by Gasteiger charge is -2.22. The molecule has 0 N–H and O–H groups in total. The molecule has 1 heterocycles. The molecule has 0 spiro atoms. The van der Waals surface area contributed by atoms with Gasteiger partial charge < -0.3 is 4.52 Å². The summed E-state index contributed by atoms with van der Waals surface area (Å²) in [6.45, 7) is 0.468. The lowest BCUT2D eigenvalue weighted by Crippen LogP contribution is -2.12. The molecule has 0 aromatic heterocycles. The zero-order valence-corrected chi connectivity index (χ0v) is 10.0. The van der Waals surface area contributed by atoms with Gasteiger partial charge in [-0.05, 0) is 30.7 Å². The maximum atomic E-state index is 12.3. The molecule has 1 aliphatic heterocycles. The molecule has 1 aliphatic rings. The second-order valence-electron chi connectivity index (χ2n) is 3.58. The van der Waals surface area contributed by atoms with Crippen molar-refractivity contribution in [3.8, 4) is 5.75 Å². The van der Waals surface area contributed by atoms with Crippen molar-refractivity contribution in [3.63, 3.8) is 0 Å². The molecule has 100 valence electrons. The summed E-state index contributed by atoms with van der Waals surface area (Å²) in [5.41, 5.74) is -0.807. The summed E-state index contributed by atoms with van der Waals surface area (Å²) >= 11 is 0. The van der Waals surface area contributed by atoms with Gasteiger partial charge in [0.1, 0.15) is 5.75 Å². The number of hydrogen-bond donors (Lipinski definition) is 0.